The molecule has 1 aromatic rings. The summed E-state index contributed by atoms with van der Waals surface area (Å²) >= 11 is 0. The molecule has 0 radical (unpaired) electrons. The van der Waals surface area contributed by atoms with Gasteiger partial charge in [0.1, 0.15) is 5.54 Å². The first-order valence-corrected chi connectivity index (χ1v) is 5.81. The van der Waals surface area contributed by atoms with Crippen LogP contribution in [0.25, 0.3) is 0 Å². The van der Waals surface area contributed by atoms with Crippen LogP contribution >= 0.6 is 0 Å². The van der Waals surface area contributed by atoms with Crippen molar-refractivity contribution in [3.05, 3.63) is 35.9 Å². The Morgan fingerprint density at radius 1 is 1.53 bits per heavy atom. The molecule has 4 nitrogen and oxygen atoms in total. The molecule has 3 N–H and O–H groups in total. The van der Waals surface area contributed by atoms with Crippen LogP contribution < -0.4 is 5.73 Å². The highest BCUT2D eigenvalue weighted by Crippen LogP contribution is 2.26. The second-order valence-corrected chi connectivity index (χ2v) is 4.91. The molecule has 0 spiro atoms. The molecule has 0 aliphatic carbocycles. The highest BCUT2D eigenvalue weighted by atomic mass is 16.4. The molecule has 2 atom stereocenters. The SMILES string of the molecule is C[C@@H]1C[C@](N)(C(=O)O)CN1Cc1ccccc1. The van der Waals surface area contributed by atoms with Gasteiger partial charge in [-0.3, -0.25) is 9.69 Å². The Balaban J connectivity index is 2.07. The van der Waals surface area contributed by atoms with Crippen molar-refractivity contribution in [3.63, 3.8) is 0 Å². The average molecular weight is 234 g/mol. The third kappa shape index (κ3) is 2.48. The average Bonchev–Trinajstić information content (AvgIpc) is 2.57. The van der Waals surface area contributed by atoms with Gasteiger partial charge in [0.05, 0.1) is 0 Å². The van der Waals surface area contributed by atoms with Crippen LogP contribution in [-0.4, -0.2) is 34.1 Å². The fourth-order valence-electron chi connectivity index (χ4n) is 2.42. The van der Waals surface area contributed by atoms with E-state index in [1.807, 2.05) is 37.3 Å². The van der Waals surface area contributed by atoms with Gasteiger partial charge in [0.25, 0.3) is 0 Å². The lowest BCUT2D eigenvalue weighted by Crippen LogP contribution is -2.50. The molecule has 17 heavy (non-hydrogen) atoms. The van der Waals surface area contributed by atoms with Crippen molar-refractivity contribution in [3.8, 4) is 0 Å². The largest absolute Gasteiger partial charge is 0.480 e. The maximum absolute atomic E-state index is 11.1. The third-order valence-electron chi connectivity index (χ3n) is 3.42. The number of likely N-dealkylation sites (tertiary alicyclic amines) is 1. The molecule has 92 valence electrons. The molecule has 1 saturated heterocycles. The molecular formula is C13H18N2O2. The maximum atomic E-state index is 11.1. The predicted octanol–water partition coefficient (Wildman–Crippen LogP) is 1.06. The lowest BCUT2D eigenvalue weighted by atomic mass is 9.98. The topological polar surface area (TPSA) is 66.6 Å². The number of carboxylic acid groups (broad SMARTS) is 1. The van der Waals surface area contributed by atoms with Crippen molar-refractivity contribution in [2.75, 3.05) is 6.54 Å². The van der Waals surface area contributed by atoms with Crippen LogP contribution in [0, 0.1) is 0 Å². The first-order valence-electron chi connectivity index (χ1n) is 5.81. The van der Waals surface area contributed by atoms with Gasteiger partial charge in [-0.2, -0.15) is 0 Å². The molecule has 0 aromatic heterocycles. The van der Waals surface area contributed by atoms with Crippen LogP contribution in [0.4, 0.5) is 0 Å². The molecule has 2 rings (SSSR count). The second kappa shape index (κ2) is 4.47. The van der Waals surface area contributed by atoms with Crippen molar-refractivity contribution >= 4 is 5.97 Å². The Labute approximate surface area is 101 Å². The fraction of sp³-hybridized carbons (Fsp3) is 0.462. The van der Waals surface area contributed by atoms with Crippen molar-refractivity contribution < 1.29 is 9.90 Å². The van der Waals surface area contributed by atoms with Gasteiger partial charge < -0.3 is 10.8 Å². The van der Waals surface area contributed by atoms with Crippen LogP contribution in [0.5, 0.6) is 0 Å². The van der Waals surface area contributed by atoms with Crippen LogP contribution in [0.15, 0.2) is 30.3 Å². The smallest absolute Gasteiger partial charge is 0.325 e. The van der Waals surface area contributed by atoms with E-state index in [1.54, 1.807) is 0 Å². The number of nitrogens with zero attached hydrogens (tertiary/aromatic N) is 1. The molecule has 0 unspecified atom stereocenters. The van der Waals surface area contributed by atoms with Crippen molar-refractivity contribution in [1.82, 2.24) is 4.90 Å². The molecule has 1 aliphatic heterocycles. The van der Waals surface area contributed by atoms with Gasteiger partial charge in [0.15, 0.2) is 0 Å². The molecule has 0 saturated carbocycles. The summed E-state index contributed by atoms with van der Waals surface area (Å²) in [6.07, 6.45) is 0.509. The van der Waals surface area contributed by atoms with E-state index in [1.165, 1.54) is 5.56 Å². The Kier molecular flexibility index (Phi) is 3.17. The van der Waals surface area contributed by atoms with E-state index in [-0.39, 0.29) is 6.04 Å². The van der Waals surface area contributed by atoms with Crippen molar-refractivity contribution in [2.24, 2.45) is 5.73 Å². The van der Waals surface area contributed by atoms with Crippen LogP contribution in [0.3, 0.4) is 0 Å². The first-order chi connectivity index (χ1) is 8.01. The minimum atomic E-state index is -1.09. The molecule has 1 fully saturated rings. The summed E-state index contributed by atoms with van der Waals surface area (Å²) in [6, 6.07) is 10.2. The molecule has 1 aromatic carbocycles. The summed E-state index contributed by atoms with van der Waals surface area (Å²) in [5, 5.41) is 9.12. The van der Waals surface area contributed by atoms with Gasteiger partial charge in [-0.05, 0) is 18.9 Å². The van der Waals surface area contributed by atoms with Crippen LogP contribution in [0.1, 0.15) is 18.9 Å². The predicted molar refractivity (Wildman–Crippen MR) is 65.5 cm³/mol. The lowest BCUT2D eigenvalue weighted by molar-refractivity contribution is -0.142. The first kappa shape index (κ1) is 12.1. The van der Waals surface area contributed by atoms with Gasteiger partial charge in [-0.15, -0.1) is 0 Å². The molecule has 1 heterocycles. The maximum Gasteiger partial charge on any atom is 0.325 e. The third-order valence-corrected chi connectivity index (χ3v) is 3.42. The summed E-state index contributed by atoms with van der Waals surface area (Å²) in [7, 11) is 0. The van der Waals surface area contributed by atoms with Crippen molar-refractivity contribution in [1.29, 1.82) is 0 Å². The molecule has 1 aliphatic rings. The summed E-state index contributed by atoms with van der Waals surface area (Å²) in [5.74, 6) is -0.903. The van der Waals surface area contributed by atoms with Gasteiger partial charge in [-0.25, -0.2) is 0 Å². The van der Waals surface area contributed by atoms with E-state index in [9.17, 15) is 4.79 Å². The number of nitrogens with two attached hydrogens (primary N) is 1. The van der Waals surface area contributed by atoms with E-state index in [0.29, 0.717) is 13.0 Å². The monoisotopic (exact) mass is 234 g/mol. The highest BCUT2D eigenvalue weighted by Gasteiger charge is 2.44. The molecule has 4 heteroatoms. The summed E-state index contributed by atoms with van der Waals surface area (Å²) < 4.78 is 0. The van der Waals surface area contributed by atoms with Gasteiger partial charge in [0, 0.05) is 19.1 Å². The summed E-state index contributed by atoms with van der Waals surface area (Å²) in [6.45, 7) is 3.20. The Bertz CT molecular complexity index is 407. The van der Waals surface area contributed by atoms with Gasteiger partial charge >= 0.3 is 5.97 Å². The van der Waals surface area contributed by atoms with Crippen molar-refractivity contribution in [2.45, 2.75) is 31.5 Å². The Morgan fingerprint density at radius 2 is 2.18 bits per heavy atom. The number of benzene rings is 1. The normalized spacial score (nSPS) is 29.4. The number of aliphatic carboxylic acids is 1. The summed E-state index contributed by atoms with van der Waals surface area (Å²) in [5.41, 5.74) is 5.99. The van der Waals surface area contributed by atoms with E-state index in [0.717, 1.165) is 6.54 Å². The minimum Gasteiger partial charge on any atom is -0.480 e. The fourth-order valence-corrected chi connectivity index (χ4v) is 2.42. The number of hydrogen-bond acceptors (Lipinski definition) is 3. The van der Waals surface area contributed by atoms with Crippen LogP contribution in [-0.2, 0) is 11.3 Å². The Hall–Kier alpha value is -1.39. The zero-order chi connectivity index (χ0) is 12.5. The van der Waals surface area contributed by atoms with Gasteiger partial charge in [-0.1, -0.05) is 30.3 Å². The molecular weight excluding hydrogens is 216 g/mol. The zero-order valence-electron chi connectivity index (χ0n) is 9.97. The van der Waals surface area contributed by atoms with Crippen LogP contribution in [0.2, 0.25) is 0 Å². The lowest BCUT2D eigenvalue weighted by Gasteiger charge is -2.21. The van der Waals surface area contributed by atoms with Gasteiger partial charge in [0.2, 0.25) is 0 Å². The zero-order valence-corrected chi connectivity index (χ0v) is 9.97. The molecule has 0 amide bonds. The second-order valence-electron chi connectivity index (χ2n) is 4.91. The molecule has 0 bridgehead atoms. The van der Waals surface area contributed by atoms with E-state index in [4.69, 9.17) is 10.8 Å². The quantitative estimate of drug-likeness (QED) is 0.820. The van der Waals surface area contributed by atoms with E-state index < -0.39 is 11.5 Å². The number of hydrogen-bond donors (Lipinski definition) is 2. The highest BCUT2D eigenvalue weighted by molar-refractivity contribution is 5.79. The van der Waals surface area contributed by atoms with E-state index >= 15 is 0 Å². The minimum absolute atomic E-state index is 0.205. The summed E-state index contributed by atoms with van der Waals surface area (Å²) in [4.78, 5) is 13.2. The Morgan fingerprint density at radius 3 is 2.71 bits per heavy atom. The number of carboxylic acids is 1. The van der Waals surface area contributed by atoms with E-state index in [2.05, 4.69) is 4.90 Å². The number of carbonyl (C=O) groups is 1. The number of rotatable bonds is 3. The standard InChI is InChI=1S/C13H18N2O2/c1-10-7-13(14,12(16)17)9-15(10)8-11-5-3-2-4-6-11/h2-6,10H,7-9,14H2,1H3,(H,16,17)/t10-,13-/m1/s1.